The Bertz CT molecular complexity index is 339. The molecule has 0 amide bonds. The topological polar surface area (TPSA) is 26.1 Å². The van der Waals surface area contributed by atoms with Gasteiger partial charge in [-0.05, 0) is 6.07 Å². The minimum Gasteiger partial charge on any atom is -0.502 e. The zero-order valence-corrected chi connectivity index (χ0v) is 7.06. The summed E-state index contributed by atoms with van der Waals surface area (Å²) in [5.74, 6) is 0.646. The number of rotatable bonds is 3. The molecule has 1 heterocycles. The number of hydrogen-bond acceptors (Lipinski definition) is 2. The third-order valence-electron chi connectivity index (χ3n) is 1.81. The van der Waals surface area contributed by atoms with E-state index < -0.39 is 0 Å². The molecule has 1 aliphatic heterocycles. The van der Waals surface area contributed by atoms with Gasteiger partial charge in [-0.25, -0.2) is 4.85 Å². The van der Waals surface area contributed by atoms with Gasteiger partial charge in [0.25, 0.3) is 0 Å². The maximum atomic E-state index is 6.90. The molecule has 1 saturated heterocycles. The van der Waals surface area contributed by atoms with Crippen LogP contribution in [0.1, 0.15) is 0 Å². The first-order chi connectivity index (χ1) is 6.40. The van der Waals surface area contributed by atoms with Crippen LogP contribution in [0.15, 0.2) is 24.3 Å². The van der Waals surface area contributed by atoms with Crippen LogP contribution in [0.2, 0.25) is 0 Å². The van der Waals surface area contributed by atoms with Crippen LogP contribution in [-0.2, 0) is 4.74 Å². The average Bonchev–Trinajstić information content (AvgIpc) is 2.99. The van der Waals surface area contributed by atoms with Crippen LogP contribution in [0.5, 0.6) is 5.75 Å². The summed E-state index contributed by atoms with van der Waals surface area (Å²) < 4.78 is 10.4. The summed E-state index contributed by atoms with van der Waals surface area (Å²) >= 11 is 0. The van der Waals surface area contributed by atoms with Gasteiger partial charge in [-0.15, -0.1) is 0 Å². The largest absolute Gasteiger partial charge is 0.502 e. The molecule has 0 bridgehead atoms. The Kier molecular flexibility index (Phi) is 2.15. The van der Waals surface area contributed by atoms with Crippen LogP contribution < -0.4 is 4.74 Å². The number of epoxide rings is 1. The molecule has 0 saturated carbocycles. The van der Waals surface area contributed by atoms with Crippen molar-refractivity contribution in [2.75, 3.05) is 13.2 Å². The Morgan fingerprint density at radius 2 is 2.31 bits per heavy atom. The van der Waals surface area contributed by atoms with Gasteiger partial charge in [0.15, 0.2) is 0 Å². The molecule has 1 aliphatic rings. The van der Waals surface area contributed by atoms with Crippen molar-refractivity contribution >= 4 is 5.69 Å². The second-order valence-electron chi connectivity index (χ2n) is 2.85. The van der Waals surface area contributed by atoms with Gasteiger partial charge in [0, 0.05) is 0 Å². The number of nitrogens with zero attached hydrogens (tertiary/aromatic N) is 1. The maximum Gasteiger partial charge on any atom is 0.228 e. The van der Waals surface area contributed by atoms with Crippen LogP contribution in [0.25, 0.3) is 4.85 Å². The zero-order chi connectivity index (χ0) is 9.10. The molecule has 1 aromatic carbocycles. The molecular weight excluding hydrogens is 166 g/mol. The van der Waals surface area contributed by atoms with E-state index in [1.165, 1.54) is 0 Å². The van der Waals surface area contributed by atoms with E-state index in [0.717, 1.165) is 6.61 Å². The first-order valence-corrected chi connectivity index (χ1v) is 4.11. The van der Waals surface area contributed by atoms with E-state index in [1.807, 2.05) is 12.1 Å². The molecule has 1 atom stereocenters. The predicted octanol–water partition coefficient (Wildman–Crippen LogP) is 2.01. The normalized spacial score (nSPS) is 19.2. The van der Waals surface area contributed by atoms with Gasteiger partial charge >= 0.3 is 0 Å². The Balaban J connectivity index is 2.05. The van der Waals surface area contributed by atoms with E-state index in [2.05, 4.69) is 4.85 Å². The van der Waals surface area contributed by atoms with Crippen molar-refractivity contribution in [1.29, 1.82) is 0 Å². The van der Waals surface area contributed by atoms with Gasteiger partial charge in [0.1, 0.15) is 18.5 Å². The molecule has 0 radical (unpaired) electrons. The van der Waals surface area contributed by atoms with Crippen LogP contribution >= 0.6 is 0 Å². The lowest BCUT2D eigenvalue weighted by atomic mass is 10.3. The molecule has 1 aromatic rings. The van der Waals surface area contributed by atoms with Gasteiger partial charge in [0.2, 0.25) is 5.69 Å². The van der Waals surface area contributed by atoms with Crippen molar-refractivity contribution in [3.05, 3.63) is 35.7 Å². The van der Waals surface area contributed by atoms with Crippen molar-refractivity contribution in [2.45, 2.75) is 6.10 Å². The van der Waals surface area contributed by atoms with E-state index in [1.54, 1.807) is 12.1 Å². The standard InChI is InChI=1S/C10H9NO2/c1-11-9-4-2-3-5-10(9)13-7-8-6-12-8/h2-5,8H,6-7H2. The third kappa shape index (κ3) is 1.98. The lowest BCUT2D eigenvalue weighted by Crippen LogP contribution is -2.03. The lowest BCUT2D eigenvalue weighted by Gasteiger charge is -2.04. The van der Waals surface area contributed by atoms with Gasteiger partial charge < -0.3 is 9.47 Å². The molecule has 0 spiro atoms. The molecule has 0 aromatic heterocycles. The number of benzene rings is 1. The van der Waals surface area contributed by atoms with Crippen LogP contribution in [0.3, 0.4) is 0 Å². The molecule has 3 heteroatoms. The second kappa shape index (κ2) is 3.46. The van der Waals surface area contributed by atoms with Gasteiger partial charge in [-0.3, -0.25) is 0 Å². The molecule has 1 unspecified atom stereocenters. The minimum atomic E-state index is 0.235. The Morgan fingerprint density at radius 1 is 1.54 bits per heavy atom. The summed E-state index contributed by atoms with van der Waals surface area (Å²) in [4.78, 5) is 3.35. The minimum absolute atomic E-state index is 0.235. The highest BCUT2D eigenvalue weighted by atomic mass is 16.6. The summed E-state index contributed by atoms with van der Waals surface area (Å²) in [5, 5.41) is 0. The zero-order valence-electron chi connectivity index (χ0n) is 7.06. The quantitative estimate of drug-likeness (QED) is 0.519. The van der Waals surface area contributed by atoms with E-state index in [9.17, 15) is 0 Å². The fourth-order valence-corrected chi connectivity index (χ4v) is 1.02. The van der Waals surface area contributed by atoms with Crippen LogP contribution in [-0.4, -0.2) is 19.3 Å². The first-order valence-electron chi connectivity index (χ1n) is 4.11. The van der Waals surface area contributed by atoms with Crippen molar-refractivity contribution in [3.8, 4) is 5.75 Å². The molecule has 1 fully saturated rings. The molecule has 13 heavy (non-hydrogen) atoms. The lowest BCUT2D eigenvalue weighted by molar-refractivity contribution is 0.264. The Hall–Kier alpha value is -1.53. The van der Waals surface area contributed by atoms with Crippen molar-refractivity contribution in [1.82, 2.24) is 0 Å². The molecule has 66 valence electrons. The monoisotopic (exact) mass is 175 g/mol. The van der Waals surface area contributed by atoms with Gasteiger partial charge in [-0.2, -0.15) is 0 Å². The van der Waals surface area contributed by atoms with Crippen molar-refractivity contribution in [3.63, 3.8) is 0 Å². The number of ether oxygens (including phenoxy) is 2. The van der Waals surface area contributed by atoms with Crippen molar-refractivity contribution < 1.29 is 9.47 Å². The summed E-state index contributed by atoms with van der Waals surface area (Å²) in [6.07, 6.45) is 0.235. The van der Waals surface area contributed by atoms with E-state index in [4.69, 9.17) is 16.0 Å². The SMILES string of the molecule is [C-]#[N+]c1ccccc1OCC1CO1. The third-order valence-corrected chi connectivity index (χ3v) is 1.81. The molecule has 0 N–H and O–H groups in total. The fourth-order valence-electron chi connectivity index (χ4n) is 1.02. The first kappa shape index (κ1) is 8.09. The van der Waals surface area contributed by atoms with E-state index in [-0.39, 0.29) is 6.10 Å². The number of para-hydroxylation sites is 2. The summed E-state index contributed by atoms with van der Waals surface area (Å²) in [6, 6.07) is 7.23. The highest BCUT2D eigenvalue weighted by molar-refractivity contribution is 5.56. The maximum absolute atomic E-state index is 6.90. The Morgan fingerprint density at radius 3 is 3.00 bits per heavy atom. The van der Waals surface area contributed by atoms with Gasteiger partial charge in [0.05, 0.1) is 13.2 Å². The number of hydrogen-bond donors (Lipinski definition) is 0. The summed E-state index contributed by atoms with van der Waals surface area (Å²) in [7, 11) is 0. The van der Waals surface area contributed by atoms with Crippen LogP contribution in [0.4, 0.5) is 5.69 Å². The molecular formula is C10H9NO2. The highest BCUT2D eigenvalue weighted by Crippen LogP contribution is 2.27. The predicted molar refractivity (Wildman–Crippen MR) is 47.9 cm³/mol. The van der Waals surface area contributed by atoms with Crippen LogP contribution in [0, 0.1) is 6.57 Å². The summed E-state index contributed by atoms with van der Waals surface area (Å²) in [5.41, 5.74) is 0.558. The highest BCUT2D eigenvalue weighted by Gasteiger charge is 2.23. The average molecular weight is 175 g/mol. The van der Waals surface area contributed by atoms with Crippen molar-refractivity contribution in [2.24, 2.45) is 0 Å². The summed E-state index contributed by atoms with van der Waals surface area (Å²) in [6.45, 7) is 8.23. The molecule has 0 aliphatic carbocycles. The smallest absolute Gasteiger partial charge is 0.228 e. The Labute approximate surface area is 76.7 Å². The van der Waals surface area contributed by atoms with Gasteiger partial charge in [-0.1, -0.05) is 18.2 Å². The second-order valence-corrected chi connectivity index (χ2v) is 2.85. The fraction of sp³-hybridized carbons (Fsp3) is 0.300. The molecule has 3 nitrogen and oxygen atoms in total. The van der Waals surface area contributed by atoms with E-state index in [0.29, 0.717) is 18.0 Å². The molecule has 2 rings (SSSR count). The van der Waals surface area contributed by atoms with E-state index >= 15 is 0 Å².